The molecular formula is C23H20O2. The fourth-order valence-electron chi connectivity index (χ4n) is 3.55. The van der Waals surface area contributed by atoms with Crippen LogP contribution in [0.1, 0.15) is 32.6 Å². The predicted octanol–water partition coefficient (Wildman–Crippen LogP) is 5.15. The first-order valence-electron chi connectivity index (χ1n) is 8.64. The fraction of sp³-hybridized carbons (Fsp3) is 0.174. The summed E-state index contributed by atoms with van der Waals surface area (Å²) in [6, 6.07) is 20.2. The third kappa shape index (κ3) is 2.96. The Labute approximate surface area is 148 Å². The first kappa shape index (κ1) is 15.6. The highest BCUT2D eigenvalue weighted by Gasteiger charge is 2.24. The molecule has 0 aromatic heterocycles. The van der Waals surface area contributed by atoms with Gasteiger partial charge in [-0.1, -0.05) is 48.5 Å². The van der Waals surface area contributed by atoms with E-state index < -0.39 is 0 Å². The smallest absolute Gasteiger partial charge is 0.150 e. The molecule has 0 amide bonds. The van der Waals surface area contributed by atoms with Crippen LogP contribution in [0, 0.1) is 6.92 Å². The number of ether oxygens (including phenoxy) is 1. The summed E-state index contributed by atoms with van der Waals surface area (Å²) in [6.07, 6.45) is 3.03. The van der Waals surface area contributed by atoms with Crippen molar-refractivity contribution in [2.24, 2.45) is 0 Å². The monoisotopic (exact) mass is 328 g/mol. The van der Waals surface area contributed by atoms with Crippen LogP contribution in [0.15, 0.2) is 60.7 Å². The molecule has 0 N–H and O–H groups in total. The molecule has 3 aromatic carbocycles. The van der Waals surface area contributed by atoms with E-state index in [1.807, 2.05) is 36.4 Å². The van der Waals surface area contributed by atoms with Crippen LogP contribution in [0.4, 0.5) is 0 Å². The van der Waals surface area contributed by atoms with Crippen molar-refractivity contribution in [3.63, 3.8) is 0 Å². The van der Waals surface area contributed by atoms with Gasteiger partial charge in [0.25, 0.3) is 0 Å². The van der Waals surface area contributed by atoms with Crippen LogP contribution in [0.25, 0.3) is 11.1 Å². The number of hydrogen-bond donors (Lipinski definition) is 0. The zero-order valence-corrected chi connectivity index (χ0v) is 14.3. The van der Waals surface area contributed by atoms with Crippen molar-refractivity contribution in [1.82, 2.24) is 0 Å². The van der Waals surface area contributed by atoms with E-state index in [0.717, 1.165) is 36.0 Å². The number of hydrogen-bond acceptors (Lipinski definition) is 2. The van der Waals surface area contributed by atoms with Crippen molar-refractivity contribution in [3.8, 4) is 16.9 Å². The Morgan fingerprint density at radius 1 is 0.960 bits per heavy atom. The molecule has 0 bridgehead atoms. The van der Waals surface area contributed by atoms with Gasteiger partial charge in [0.2, 0.25) is 0 Å². The van der Waals surface area contributed by atoms with Gasteiger partial charge < -0.3 is 4.74 Å². The lowest BCUT2D eigenvalue weighted by Crippen LogP contribution is -2.14. The van der Waals surface area contributed by atoms with Gasteiger partial charge in [0.1, 0.15) is 18.6 Å². The summed E-state index contributed by atoms with van der Waals surface area (Å²) in [7, 11) is 0. The number of fused-ring (bicyclic) bond motifs is 1. The summed E-state index contributed by atoms with van der Waals surface area (Å²) in [6.45, 7) is 2.71. The highest BCUT2D eigenvalue weighted by atomic mass is 16.5. The lowest BCUT2D eigenvalue weighted by Gasteiger charge is -2.28. The van der Waals surface area contributed by atoms with Gasteiger partial charge in [-0.2, -0.15) is 0 Å². The summed E-state index contributed by atoms with van der Waals surface area (Å²) in [5.41, 5.74) is 8.15. The standard InChI is InChI=1S/C23H20O2/c1-16-12-22(25-15-17-6-3-2-4-7-17)20-10-11-21(20)23(16)19-9-5-8-18(13-19)14-24/h2-9,12-14H,10-11,15H2,1H3. The minimum Gasteiger partial charge on any atom is -0.489 e. The lowest BCUT2D eigenvalue weighted by atomic mass is 9.79. The number of rotatable bonds is 5. The van der Waals surface area contributed by atoms with E-state index in [2.05, 4.69) is 31.2 Å². The third-order valence-corrected chi connectivity index (χ3v) is 4.88. The molecule has 0 saturated carbocycles. The van der Waals surface area contributed by atoms with Crippen LogP contribution < -0.4 is 4.74 Å². The van der Waals surface area contributed by atoms with Crippen LogP contribution in [0.3, 0.4) is 0 Å². The maximum atomic E-state index is 11.1. The molecule has 0 saturated heterocycles. The maximum absolute atomic E-state index is 11.1. The van der Waals surface area contributed by atoms with Crippen molar-refractivity contribution in [3.05, 3.63) is 88.5 Å². The molecule has 0 aliphatic heterocycles. The molecule has 0 atom stereocenters. The fourth-order valence-corrected chi connectivity index (χ4v) is 3.55. The normalized spacial score (nSPS) is 12.2. The minimum absolute atomic E-state index is 0.590. The molecule has 0 unspecified atom stereocenters. The van der Waals surface area contributed by atoms with Gasteiger partial charge in [-0.15, -0.1) is 0 Å². The third-order valence-electron chi connectivity index (χ3n) is 4.88. The zero-order valence-electron chi connectivity index (χ0n) is 14.3. The summed E-state index contributed by atoms with van der Waals surface area (Å²) in [4.78, 5) is 11.1. The average Bonchev–Trinajstić information content (AvgIpc) is 2.63. The van der Waals surface area contributed by atoms with Gasteiger partial charge in [0, 0.05) is 5.56 Å². The summed E-state index contributed by atoms with van der Waals surface area (Å²) >= 11 is 0. The first-order valence-corrected chi connectivity index (χ1v) is 8.64. The molecule has 25 heavy (non-hydrogen) atoms. The van der Waals surface area contributed by atoms with Crippen molar-refractivity contribution in [1.29, 1.82) is 0 Å². The lowest BCUT2D eigenvalue weighted by molar-refractivity contribution is 0.112. The number of aryl methyl sites for hydroxylation is 1. The van der Waals surface area contributed by atoms with E-state index in [4.69, 9.17) is 4.74 Å². The Hall–Kier alpha value is -2.87. The van der Waals surface area contributed by atoms with E-state index in [0.29, 0.717) is 6.61 Å². The quantitative estimate of drug-likeness (QED) is 0.605. The molecule has 1 aliphatic rings. The van der Waals surface area contributed by atoms with Gasteiger partial charge in [0.15, 0.2) is 0 Å². The number of aldehydes is 1. The van der Waals surface area contributed by atoms with Crippen molar-refractivity contribution in [2.45, 2.75) is 26.4 Å². The van der Waals surface area contributed by atoms with Crippen molar-refractivity contribution in [2.75, 3.05) is 0 Å². The van der Waals surface area contributed by atoms with Gasteiger partial charge in [-0.3, -0.25) is 4.79 Å². The molecule has 2 heteroatoms. The van der Waals surface area contributed by atoms with Gasteiger partial charge in [0.05, 0.1) is 0 Å². The Bertz CT molecular complexity index is 926. The Morgan fingerprint density at radius 2 is 1.76 bits per heavy atom. The second-order valence-electron chi connectivity index (χ2n) is 6.54. The number of carbonyl (C=O) groups excluding carboxylic acids is 1. The second kappa shape index (κ2) is 6.56. The van der Waals surface area contributed by atoms with Crippen LogP contribution in [0.2, 0.25) is 0 Å². The average molecular weight is 328 g/mol. The van der Waals surface area contributed by atoms with Crippen LogP contribution in [0.5, 0.6) is 5.75 Å². The SMILES string of the molecule is Cc1cc(OCc2ccccc2)c2c(c1-c1cccc(C=O)c1)CC2. The highest BCUT2D eigenvalue weighted by Crippen LogP contribution is 2.42. The molecule has 0 spiro atoms. The van der Waals surface area contributed by atoms with Gasteiger partial charge >= 0.3 is 0 Å². The molecule has 1 aliphatic carbocycles. The van der Waals surface area contributed by atoms with Crippen LogP contribution >= 0.6 is 0 Å². The zero-order chi connectivity index (χ0) is 17.2. The Morgan fingerprint density at radius 3 is 2.48 bits per heavy atom. The van der Waals surface area contributed by atoms with E-state index in [1.54, 1.807) is 0 Å². The molecule has 0 radical (unpaired) electrons. The van der Waals surface area contributed by atoms with E-state index in [9.17, 15) is 4.79 Å². The topological polar surface area (TPSA) is 26.3 Å². The van der Waals surface area contributed by atoms with Crippen molar-refractivity contribution >= 4 is 6.29 Å². The van der Waals surface area contributed by atoms with Gasteiger partial charge in [-0.05, 0) is 65.3 Å². The maximum Gasteiger partial charge on any atom is 0.150 e. The number of benzene rings is 3. The molecule has 2 nitrogen and oxygen atoms in total. The summed E-state index contributed by atoms with van der Waals surface area (Å²) in [5, 5.41) is 0. The molecule has 0 heterocycles. The molecule has 124 valence electrons. The van der Waals surface area contributed by atoms with E-state index in [-0.39, 0.29) is 0 Å². The van der Waals surface area contributed by atoms with E-state index in [1.165, 1.54) is 27.8 Å². The second-order valence-corrected chi connectivity index (χ2v) is 6.54. The highest BCUT2D eigenvalue weighted by molar-refractivity contribution is 5.82. The molecule has 3 aromatic rings. The van der Waals surface area contributed by atoms with Crippen molar-refractivity contribution < 1.29 is 9.53 Å². The van der Waals surface area contributed by atoms with Crippen LogP contribution in [-0.4, -0.2) is 6.29 Å². The molecule has 0 fully saturated rings. The minimum atomic E-state index is 0.590. The number of carbonyl (C=O) groups is 1. The Kier molecular flexibility index (Phi) is 4.10. The summed E-state index contributed by atoms with van der Waals surface area (Å²) in [5.74, 6) is 0.998. The van der Waals surface area contributed by atoms with E-state index >= 15 is 0 Å². The summed E-state index contributed by atoms with van der Waals surface area (Å²) < 4.78 is 6.12. The molecule has 4 rings (SSSR count). The van der Waals surface area contributed by atoms with Crippen LogP contribution in [-0.2, 0) is 19.4 Å². The largest absolute Gasteiger partial charge is 0.489 e. The molecular weight excluding hydrogens is 308 g/mol. The Balaban J connectivity index is 1.68. The predicted molar refractivity (Wildman–Crippen MR) is 100 cm³/mol. The first-order chi connectivity index (χ1) is 12.3. The van der Waals surface area contributed by atoms with Gasteiger partial charge in [-0.25, -0.2) is 0 Å².